The number of aryl methyl sites for hydroxylation is 1. The van der Waals surface area contributed by atoms with Crippen molar-refractivity contribution in [3.05, 3.63) is 71.3 Å². The van der Waals surface area contributed by atoms with Crippen LogP contribution in [0.5, 0.6) is 0 Å². The quantitative estimate of drug-likeness (QED) is 0.562. The zero-order valence-electron chi connectivity index (χ0n) is 19.0. The number of hydrogen-bond acceptors (Lipinski definition) is 3. The van der Waals surface area contributed by atoms with Crippen molar-refractivity contribution in [2.75, 3.05) is 20.1 Å². The second kappa shape index (κ2) is 14.0. The van der Waals surface area contributed by atoms with Gasteiger partial charge in [-0.15, -0.1) is 0 Å². The van der Waals surface area contributed by atoms with Gasteiger partial charge in [-0.05, 0) is 48.6 Å². The Hall–Kier alpha value is -3.28. The summed E-state index contributed by atoms with van der Waals surface area (Å²) in [6.07, 6.45) is -3.33. The summed E-state index contributed by atoms with van der Waals surface area (Å²) in [6.45, 7) is 4.33. The van der Waals surface area contributed by atoms with Gasteiger partial charge in [-0.3, -0.25) is 9.59 Å². The van der Waals surface area contributed by atoms with Crippen LogP contribution in [0.25, 0.3) is 0 Å². The second-order valence-electron chi connectivity index (χ2n) is 7.02. The molecule has 0 heterocycles. The Balaban J connectivity index is 0.00000265. The fourth-order valence-electron chi connectivity index (χ4n) is 2.98. The molecule has 1 unspecified atom stereocenters. The average molecular weight is 458 g/mol. The van der Waals surface area contributed by atoms with E-state index in [0.29, 0.717) is 12.8 Å². The zero-order chi connectivity index (χ0) is 24.9. The summed E-state index contributed by atoms with van der Waals surface area (Å²) >= 11 is 0. The summed E-state index contributed by atoms with van der Waals surface area (Å²) in [6, 6.07) is 13.5. The molecule has 0 aromatic heterocycles. The standard InChI is InChI=1S/C22H22BF3N3O2.C2H6/c1-29(21(31)19(23-15-27)12-7-16-5-3-2-4-6-16)14-13-28-20(30)17-8-10-18(11-9-17)22(24,25)26;1-2/h2-6,8-11,19H,7,12-14H2,1H3,(H,28,30);1-2H3. The van der Waals surface area contributed by atoms with Crippen LogP contribution in [-0.4, -0.2) is 44.1 Å². The number of nitrogens with zero attached hydrogens (tertiary/aromatic N) is 2. The van der Waals surface area contributed by atoms with Crippen molar-refractivity contribution in [3.8, 4) is 5.97 Å². The van der Waals surface area contributed by atoms with E-state index in [9.17, 15) is 22.8 Å². The molecule has 0 aliphatic rings. The Morgan fingerprint density at radius 3 is 2.24 bits per heavy atom. The highest BCUT2D eigenvalue weighted by Gasteiger charge is 2.30. The lowest BCUT2D eigenvalue weighted by molar-refractivity contribution is -0.137. The topological polar surface area (TPSA) is 73.2 Å². The van der Waals surface area contributed by atoms with Crippen LogP contribution in [0.2, 0.25) is 5.82 Å². The number of amides is 2. The molecule has 2 rings (SSSR count). The van der Waals surface area contributed by atoms with Crippen molar-refractivity contribution in [1.82, 2.24) is 10.2 Å². The number of carbonyl (C=O) groups excluding carboxylic acids is 2. The predicted molar refractivity (Wildman–Crippen MR) is 123 cm³/mol. The van der Waals surface area contributed by atoms with E-state index in [0.717, 1.165) is 29.8 Å². The number of likely N-dealkylation sites (N-methyl/N-ethyl adjacent to an activating group) is 1. The van der Waals surface area contributed by atoms with E-state index in [2.05, 4.69) is 5.32 Å². The molecule has 1 N–H and O–H groups in total. The molecule has 0 spiro atoms. The molecule has 5 nitrogen and oxygen atoms in total. The van der Waals surface area contributed by atoms with Gasteiger partial charge in [0.05, 0.1) is 5.56 Å². The van der Waals surface area contributed by atoms with Crippen LogP contribution in [0.3, 0.4) is 0 Å². The van der Waals surface area contributed by atoms with Crippen molar-refractivity contribution in [2.24, 2.45) is 0 Å². The first-order valence-electron chi connectivity index (χ1n) is 10.7. The van der Waals surface area contributed by atoms with Crippen LogP contribution in [0.1, 0.15) is 41.8 Å². The average Bonchev–Trinajstić information content (AvgIpc) is 2.82. The van der Waals surface area contributed by atoms with Crippen LogP contribution in [0.15, 0.2) is 54.6 Å². The van der Waals surface area contributed by atoms with Gasteiger partial charge in [0.1, 0.15) is 0 Å². The van der Waals surface area contributed by atoms with Crippen molar-refractivity contribution < 1.29 is 22.8 Å². The maximum absolute atomic E-state index is 12.7. The molecule has 0 aliphatic carbocycles. The number of nitrogens with one attached hydrogen (secondary N) is 1. The molecule has 175 valence electrons. The third kappa shape index (κ3) is 9.40. The summed E-state index contributed by atoms with van der Waals surface area (Å²) in [7, 11) is 2.88. The Bertz CT molecular complexity index is 913. The molecule has 2 aromatic rings. The molecule has 0 aliphatic heterocycles. The first kappa shape index (κ1) is 27.8. The van der Waals surface area contributed by atoms with Crippen molar-refractivity contribution in [2.45, 2.75) is 38.7 Å². The molecular weight excluding hydrogens is 430 g/mol. The number of carbonyl (C=O) groups is 2. The van der Waals surface area contributed by atoms with Gasteiger partial charge in [-0.25, -0.2) is 5.26 Å². The van der Waals surface area contributed by atoms with E-state index in [1.165, 1.54) is 12.2 Å². The summed E-state index contributed by atoms with van der Waals surface area (Å²) in [4.78, 5) is 26.2. The molecule has 2 amide bonds. The lowest BCUT2D eigenvalue weighted by Crippen LogP contribution is -2.38. The van der Waals surface area contributed by atoms with Gasteiger partial charge in [0.25, 0.3) is 13.2 Å². The van der Waals surface area contributed by atoms with Gasteiger partial charge < -0.3 is 10.2 Å². The maximum atomic E-state index is 12.7. The van der Waals surface area contributed by atoms with Crippen molar-refractivity contribution in [1.29, 1.82) is 5.26 Å². The van der Waals surface area contributed by atoms with Gasteiger partial charge in [0, 0.05) is 31.5 Å². The predicted octanol–water partition coefficient (Wildman–Crippen LogP) is 4.53. The largest absolute Gasteiger partial charge is 0.416 e. The van der Waals surface area contributed by atoms with Crippen LogP contribution in [0, 0.1) is 11.2 Å². The van der Waals surface area contributed by atoms with Gasteiger partial charge in [0.2, 0.25) is 5.91 Å². The molecule has 0 saturated carbocycles. The first-order valence-corrected chi connectivity index (χ1v) is 10.7. The van der Waals surface area contributed by atoms with E-state index in [4.69, 9.17) is 5.26 Å². The maximum Gasteiger partial charge on any atom is 0.416 e. The van der Waals surface area contributed by atoms with Crippen LogP contribution >= 0.6 is 0 Å². The minimum Gasteiger partial charge on any atom is -0.350 e. The Morgan fingerprint density at radius 2 is 1.70 bits per heavy atom. The van der Waals surface area contributed by atoms with Gasteiger partial charge in [-0.2, -0.15) is 13.2 Å². The Labute approximate surface area is 193 Å². The first-order chi connectivity index (χ1) is 15.7. The monoisotopic (exact) mass is 458 g/mol. The van der Waals surface area contributed by atoms with E-state index in [1.54, 1.807) is 7.05 Å². The molecule has 2 aromatic carbocycles. The Morgan fingerprint density at radius 1 is 1.09 bits per heavy atom. The van der Waals surface area contributed by atoms with E-state index < -0.39 is 23.5 Å². The fraction of sp³-hybridized carbons (Fsp3) is 0.375. The van der Waals surface area contributed by atoms with Crippen molar-refractivity contribution in [3.63, 3.8) is 0 Å². The Kier molecular flexibility index (Phi) is 11.8. The smallest absolute Gasteiger partial charge is 0.350 e. The van der Waals surface area contributed by atoms with E-state index >= 15 is 0 Å². The molecule has 1 radical (unpaired) electrons. The number of halogens is 3. The highest BCUT2D eigenvalue weighted by molar-refractivity contribution is 6.52. The molecule has 9 heteroatoms. The molecule has 0 fully saturated rings. The second-order valence-corrected chi connectivity index (χ2v) is 7.02. The van der Waals surface area contributed by atoms with Crippen LogP contribution in [-0.2, 0) is 17.4 Å². The van der Waals surface area contributed by atoms with Gasteiger partial charge in [-0.1, -0.05) is 44.2 Å². The molecule has 0 bridgehead atoms. The SMILES string of the molecule is CC.CN(CCNC(=O)c1ccc(C(F)(F)F)cc1)C(=O)C([B]C#N)CCc1ccccc1. The minimum absolute atomic E-state index is 0.0977. The molecule has 33 heavy (non-hydrogen) atoms. The van der Waals surface area contributed by atoms with E-state index in [-0.39, 0.29) is 24.6 Å². The third-order valence-corrected chi connectivity index (χ3v) is 4.76. The van der Waals surface area contributed by atoms with Crippen molar-refractivity contribution >= 4 is 19.1 Å². The van der Waals surface area contributed by atoms with Crippen LogP contribution < -0.4 is 5.32 Å². The lowest BCUT2D eigenvalue weighted by Gasteiger charge is -2.22. The lowest BCUT2D eigenvalue weighted by atomic mass is 9.63. The van der Waals surface area contributed by atoms with Gasteiger partial charge in [0.15, 0.2) is 0 Å². The summed E-state index contributed by atoms with van der Waals surface area (Å²) in [5.41, 5.74) is 0.336. The minimum atomic E-state index is -4.46. The van der Waals surface area contributed by atoms with Gasteiger partial charge >= 0.3 is 6.18 Å². The number of benzene rings is 2. The zero-order valence-corrected chi connectivity index (χ0v) is 19.0. The summed E-state index contributed by atoms with van der Waals surface area (Å²) < 4.78 is 37.8. The number of rotatable bonds is 9. The highest BCUT2D eigenvalue weighted by atomic mass is 19.4. The molecule has 0 saturated heterocycles. The molecule has 1 atom stereocenters. The third-order valence-electron chi connectivity index (χ3n) is 4.76. The number of hydrogen-bond donors (Lipinski definition) is 1. The summed E-state index contributed by atoms with van der Waals surface area (Å²) in [5.74, 6) is 0.596. The number of alkyl halides is 3. The number of nitriles is 1. The fourth-order valence-corrected chi connectivity index (χ4v) is 2.98. The normalized spacial score (nSPS) is 11.3. The van der Waals surface area contributed by atoms with Crippen LogP contribution in [0.4, 0.5) is 13.2 Å². The highest BCUT2D eigenvalue weighted by Crippen LogP contribution is 2.29. The molecular formula is C24H28BF3N3O2. The van der Waals surface area contributed by atoms with E-state index in [1.807, 2.05) is 50.1 Å². The summed E-state index contributed by atoms with van der Waals surface area (Å²) in [5, 5.41) is 11.6.